The summed E-state index contributed by atoms with van der Waals surface area (Å²) in [5.41, 5.74) is 1.01. The summed E-state index contributed by atoms with van der Waals surface area (Å²) < 4.78 is 33.3. The number of ether oxygens (including phenoxy) is 1. The van der Waals surface area contributed by atoms with E-state index >= 15 is 0 Å². The molecule has 0 saturated carbocycles. The number of sulfonamides is 1. The lowest BCUT2D eigenvalue weighted by Gasteiger charge is -2.21. The Balaban J connectivity index is 1.68. The van der Waals surface area contributed by atoms with Gasteiger partial charge in [-0.05, 0) is 36.6 Å². The van der Waals surface area contributed by atoms with Crippen LogP contribution in [0.5, 0.6) is 5.75 Å². The molecule has 1 unspecified atom stereocenters. The van der Waals surface area contributed by atoms with Gasteiger partial charge in [-0.1, -0.05) is 46.9 Å². The molecule has 1 aliphatic rings. The summed E-state index contributed by atoms with van der Waals surface area (Å²) >= 11 is 17.9. The standard InChI is InChI=1S/C18H19Cl3N2O3S/c1-26-17-5-3-2-4-16(17)23-7-6-12(11-23)10-22-27(24,25)18-14(20)8-13(19)9-15(18)21/h2-5,8-9,12,22H,6-7,10-11H2,1H3. The van der Waals surface area contributed by atoms with E-state index in [-0.39, 0.29) is 25.9 Å². The Bertz CT molecular complexity index is 914. The van der Waals surface area contributed by atoms with Crippen LogP contribution >= 0.6 is 34.8 Å². The first-order valence-corrected chi connectivity index (χ1v) is 11.0. The zero-order valence-electron chi connectivity index (χ0n) is 14.6. The van der Waals surface area contributed by atoms with Crippen molar-refractivity contribution < 1.29 is 13.2 Å². The van der Waals surface area contributed by atoms with Crippen LogP contribution in [-0.4, -0.2) is 35.2 Å². The Morgan fingerprint density at radius 2 is 1.85 bits per heavy atom. The normalized spacial score (nSPS) is 17.3. The average molecular weight is 450 g/mol. The van der Waals surface area contributed by atoms with Gasteiger partial charge in [0.15, 0.2) is 0 Å². The predicted molar refractivity (Wildman–Crippen MR) is 110 cm³/mol. The van der Waals surface area contributed by atoms with Crippen molar-refractivity contribution in [3.05, 3.63) is 51.5 Å². The van der Waals surface area contributed by atoms with E-state index in [1.807, 2.05) is 24.3 Å². The van der Waals surface area contributed by atoms with Gasteiger partial charge in [-0.25, -0.2) is 13.1 Å². The molecule has 27 heavy (non-hydrogen) atoms. The molecule has 2 aromatic rings. The van der Waals surface area contributed by atoms with Crippen molar-refractivity contribution in [2.45, 2.75) is 11.3 Å². The van der Waals surface area contributed by atoms with Crippen molar-refractivity contribution in [3.8, 4) is 5.75 Å². The first-order chi connectivity index (χ1) is 12.8. The van der Waals surface area contributed by atoms with Gasteiger partial charge in [0, 0.05) is 24.7 Å². The van der Waals surface area contributed by atoms with Crippen LogP contribution in [0.4, 0.5) is 5.69 Å². The van der Waals surface area contributed by atoms with Gasteiger partial charge in [-0.15, -0.1) is 0 Å². The van der Waals surface area contributed by atoms with Gasteiger partial charge in [-0.2, -0.15) is 0 Å². The number of para-hydroxylation sites is 2. The number of nitrogens with one attached hydrogen (secondary N) is 1. The number of halogens is 3. The minimum atomic E-state index is -3.84. The van der Waals surface area contributed by atoms with Crippen LogP contribution in [0.25, 0.3) is 0 Å². The molecule has 1 fully saturated rings. The second kappa shape index (κ2) is 8.45. The molecule has 5 nitrogen and oxygen atoms in total. The molecule has 0 radical (unpaired) electrons. The zero-order chi connectivity index (χ0) is 19.6. The highest BCUT2D eigenvalue weighted by molar-refractivity contribution is 7.89. The molecule has 9 heteroatoms. The average Bonchev–Trinajstić information content (AvgIpc) is 3.08. The van der Waals surface area contributed by atoms with Crippen LogP contribution in [0.3, 0.4) is 0 Å². The number of hydrogen-bond acceptors (Lipinski definition) is 4. The minimum absolute atomic E-state index is 0.00192. The summed E-state index contributed by atoms with van der Waals surface area (Å²) in [7, 11) is -2.20. The summed E-state index contributed by atoms with van der Waals surface area (Å²) in [6, 6.07) is 10.5. The van der Waals surface area contributed by atoms with E-state index in [9.17, 15) is 8.42 Å². The number of rotatable bonds is 6. The van der Waals surface area contributed by atoms with E-state index in [0.29, 0.717) is 6.54 Å². The molecule has 0 aliphatic carbocycles. The number of methoxy groups -OCH3 is 1. The van der Waals surface area contributed by atoms with Gasteiger partial charge in [0.05, 0.1) is 22.8 Å². The fraction of sp³-hybridized carbons (Fsp3) is 0.333. The lowest BCUT2D eigenvalue weighted by molar-refractivity contribution is 0.414. The maximum absolute atomic E-state index is 12.6. The highest BCUT2D eigenvalue weighted by Gasteiger charge is 2.28. The van der Waals surface area contributed by atoms with E-state index < -0.39 is 10.0 Å². The van der Waals surface area contributed by atoms with Crippen LogP contribution in [0.15, 0.2) is 41.3 Å². The molecule has 1 heterocycles. The number of anilines is 1. The van der Waals surface area contributed by atoms with Crippen molar-refractivity contribution in [2.24, 2.45) is 5.92 Å². The van der Waals surface area contributed by atoms with E-state index in [1.165, 1.54) is 12.1 Å². The van der Waals surface area contributed by atoms with Gasteiger partial charge >= 0.3 is 0 Å². The lowest BCUT2D eigenvalue weighted by atomic mass is 10.1. The van der Waals surface area contributed by atoms with Crippen molar-refractivity contribution in [3.63, 3.8) is 0 Å². The second-order valence-electron chi connectivity index (χ2n) is 6.32. The quantitative estimate of drug-likeness (QED) is 0.707. The van der Waals surface area contributed by atoms with Gasteiger partial charge in [0.2, 0.25) is 10.0 Å². The third-order valence-electron chi connectivity index (χ3n) is 4.51. The fourth-order valence-electron chi connectivity index (χ4n) is 3.19. The second-order valence-corrected chi connectivity index (χ2v) is 9.28. The SMILES string of the molecule is COc1ccccc1N1CCC(CNS(=O)(=O)c2c(Cl)cc(Cl)cc2Cl)C1. The van der Waals surface area contributed by atoms with E-state index in [4.69, 9.17) is 39.5 Å². The topological polar surface area (TPSA) is 58.6 Å². The summed E-state index contributed by atoms with van der Waals surface area (Å²) in [6.45, 7) is 1.85. The fourth-order valence-corrected chi connectivity index (χ4v) is 5.85. The Morgan fingerprint density at radius 1 is 1.19 bits per heavy atom. The molecule has 1 saturated heterocycles. The summed E-state index contributed by atoms with van der Waals surface area (Å²) in [5, 5.41) is 0.288. The largest absolute Gasteiger partial charge is 0.495 e. The van der Waals surface area contributed by atoms with Crippen molar-refractivity contribution >= 4 is 50.5 Å². The predicted octanol–water partition coefficient (Wildman–Crippen LogP) is 4.46. The van der Waals surface area contributed by atoms with E-state index in [1.54, 1.807) is 7.11 Å². The van der Waals surface area contributed by atoms with E-state index in [0.717, 1.165) is 30.9 Å². The third-order valence-corrected chi connectivity index (χ3v) is 7.07. The van der Waals surface area contributed by atoms with Crippen LogP contribution in [0.2, 0.25) is 15.1 Å². The molecule has 1 aliphatic heterocycles. The first-order valence-electron chi connectivity index (χ1n) is 8.34. The monoisotopic (exact) mass is 448 g/mol. The lowest BCUT2D eigenvalue weighted by Crippen LogP contribution is -2.31. The maximum Gasteiger partial charge on any atom is 0.243 e. The molecule has 3 rings (SSSR count). The molecule has 0 amide bonds. The molecule has 0 aromatic heterocycles. The van der Waals surface area contributed by atoms with Crippen LogP contribution < -0.4 is 14.4 Å². The summed E-state index contributed by atoms with van der Waals surface area (Å²) in [5.74, 6) is 0.966. The Hall–Kier alpha value is -1.18. The molecule has 0 spiro atoms. The highest BCUT2D eigenvalue weighted by Crippen LogP contribution is 2.34. The van der Waals surface area contributed by atoms with Crippen LogP contribution in [0, 0.1) is 5.92 Å². The smallest absolute Gasteiger partial charge is 0.243 e. The summed E-state index contributed by atoms with van der Waals surface area (Å²) in [4.78, 5) is 2.05. The number of nitrogens with zero attached hydrogens (tertiary/aromatic N) is 1. The van der Waals surface area contributed by atoms with Crippen LogP contribution in [-0.2, 0) is 10.0 Å². The molecule has 1 atom stereocenters. The summed E-state index contributed by atoms with van der Waals surface area (Å²) in [6.07, 6.45) is 0.864. The number of hydrogen-bond donors (Lipinski definition) is 1. The first kappa shape index (κ1) is 20.6. The zero-order valence-corrected chi connectivity index (χ0v) is 17.7. The van der Waals surface area contributed by atoms with Crippen LogP contribution in [0.1, 0.15) is 6.42 Å². The molecule has 2 aromatic carbocycles. The van der Waals surface area contributed by atoms with Gasteiger partial charge < -0.3 is 9.64 Å². The molecule has 1 N–H and O–H groups in total. The molecule has 146 valence electrons. The Morgan fingerprint density at radius 3 is 2.52 bits per heavy atom. The van der Waals surface area contributed by atoms with Gasteiger partial charge in [0.25, 0.3) is 0 Å². The molecular weight excluding hydrogens is 431 g/mol. The van der Waals surface area contributed by atoms with Crippen molar-refractivity contribution in [1.29, 1.82) is 0 Å². The van der Waals surface area contributed by atoms with E-state index in [2.05, 4.69) is 9.62 Å². The van der Waals surface area contributed by atoms with Gasteiger partial charge in [-0.3, -0.25) is 0 Å². The Kier molecular flexibility index (Phi) is 6.43. The number of benzene rings is 2. The third kappa shape index (κ3) is 4.63. The van der Waals surface area contributed by atoms with Gasteiger partial charge in [0.1, 0.15) is 10.6 Å². The maximum atomic E-state index is 12.6. The Labute approximate surface area is 174 Å². The molecule has 0 bridgehead atoms. The van der Waals surface area contributed by atoms with Crippen molar-refractivity contribution in [1.82, 2.24) is 4.72 Å². The molecular formula is C18H19Cl3N2O3S. The minimum Gasteiger partial charge on any atom is -0.495 e. The highest BCUT2D eigenvalue weighted by atomic mass is 35.5. The van der Waals surface area contributed by atoms with Crippen molar-refractivity contribution in [2.75, 3.05) is 31.6 Å².